The van der Waals surface area contributed by atoms with Gasteiger partial charge >= 0.3 is 5.97 Å². The first kappa shape index (κ1) is 16.5. The summed E-state index contributed by atoms with van der Waals surface area (Å²) in [6.45, 7) is 2.17. The van der Waals surface area contributed by atoms with Crippen LogP contribution in [0.3, 0.4) is 0 Å². The van der Waals surface area contributed by atoms with E-state index in [0.717, 1.165) is 12.8 Å². The highest BCUT2D eigenvalue weighted by Crippen LogP contribution is 2.09. The zero-order chi connectivity index (χ0) is 14.8. The molecule has 1 aromatic rings. The second kappa shape index (κ2) is 9.33. The number of unbranched alkanes of at least 4 members (excludes halogenated alkanes) is 4. The van der Waals surface area contributed by atoms with Crippen molar-refractivity contribution in [2.24, 2.45) is 0 Å². The Morgan fingerprint density at radius 2 is 1.90 bits per heavy atom. The van der Waals surface area contributed by atoms with Crippen LogP contribution in [0.2, 0.25) is 0 Å². The number of carbonyl (C=O) groups excluding carboxylic acids is 1. The van der Waals surface area contributed by atoms with E-state index in [9.17, 15) is 9.00 Å². The lowest BCUT2D eigenvalue weighted by Gasteiger charge is -1.99. The highest BCUT2D eigenvalue weighted by Gasteiger charge is 2.06. The van der Waals surface area contributed by atoms with Gasteiger partial charge in [0.15, 0.2) is 0 Å². The Balaban J connectivity index is 2.51. The molecule has 1 atom stereocenters. The molecule has 0 aromatic heterocycles. The second-order valence-electron chi connectivity index (χ2n) is 4.37. The van der Waals surface area contributed by atoms with Crippen molar-refractivity contribution in [3.63, 3.8) is 0 Å². The predicted molar refractivity (Wildman–Crippen MR) is 80.7 cm³/mol. The average molecular weight is 292 g/mol. The van der Waals surface area contributed by atoms with E-state index in [1.807, 2.05) is 0 Å². The molecule has 0 amide bonds. The van der Waals surface area contributed by atoms with Gasteiger partial charge in [0.2, 0.25) is 0 Å². The number of rotatable bonds is 6. The number of carbonyl (C=O) groups is 1. The monoisotopic (exact) mass is 292 g/mol. The maximum atomic E-state index is 11.9. The van der Waals surface area contributed by atoms with E-state index in [-0.39, 0.29) is 0 Å². The lowest BCUT2D eigenvalue weighted by molar-refractivity contribution is 0.0600. The van der Waals surface area contributed by atoms with Gasteiger partial charge in [-0.15, -0.1) is 0 Å². The van der Waals surface area contributed by atoms with Gasteiger partial charge in [-0.05, 0) is 30.7 Å². The fraction of sp³-hybridized carbons (Fsp3) is 0.438. The molecule has 0 aliphatic rings. The molecule has 0 heterocycles. The normalized spacial score (nSPS) is 11.3. The molecule has 108 valence electrons. The highest BCUT2D eigenvalue weighted by molar-refractivity contribution is 7.89. The number of esters is 1. The summed E-state index contributed by atoms with van der Waals surface area (Å²) in [4.78, 5) is 11.9. The molecule has 0 radical (unpaired) electrons. The first-order valence-electron chi connectivity index (χ1n) is 6.77. The van der Waals surface area contributed by atoms with E-state index in [2.05, 4.69) is 22.8 Å². The number of hydrogen-bond donors (Lipinski definition) is 0. The minimum absolute atomic E-state index is 0.399. The van der Waals surface area contributed by atoms with Crippen LogP contribution in [0.15, 0.2) is 29.2 Å². The van der Waals surface area contributed by atoms with Gasteiger partial charge < -0.3 is 4.74 Å². The first-order valence-corrected chi connectivity index (χ1v) is 7.92. The van der Waals surface area contributed by atoms with Crippen molar-refractivity contribution >= 4 is 16.8 Å². The van der Waals surface area contributed by atoms with Gasteiger partial charge in [0.1, 0.15) is 10.8 Å². The molecule has 1 rings (SSSR count). The fourth-order valence-corrected chi connectivity index (χ4v) is 2.38. The van der Waals surface area contributed by atoms with Gasteiger partial charge in [-0.3, -0.25) is 0 Å². The standard InChI is InChI=1S/C16H20O3S/c1-3-4-5-6-7-8-13-20(18)15-11-9-14(10-12-15)16(17)19-2/h9-12H,3-7H2,1-2H3. The van der Waals surface area contributed by atoms with E-state index < -0.39 is 16.8 Å². The SMILES string of the molecule is CCCCCCC#CS(=O)c1ccc(C(=O)OC)cc1. The van der Waals surface area contributed by atoms with Crippen LogP contribution in [0.25, 0.3) is 0 Å². The minimum atomic E-state index is -1.33. The molecule has 0 N–H and O–H groups in total. The largest absolute Gasteiger partial charge is 0.465 e. The van der Waals surface area contributed by atoms with E-state index in [0.29, 0.717) is 10.5 Å². The molecular formula is C16H20O3S. The summed E-state index contributed by atoms with van der Waals surface area (Å²) in [6, 6.07) is 6.49. The van der Waals surface area contributed by atoms with Crippen molar-refractivity contribution < 1.29 is 13.7 Å². The Morgan fingerprint density at radius 1 is 1.20 bits per heavy atom. The summed E-state index contributed by atoms with van der Waals surface area (Å²) in [5.74, 6) is 2.55. The molecule has 0 aliphatic carbocycles. The van der Waals surface area contributed by atoms with Crippen molar-refractivity contribution in [3.8, 4) is 11.2 Å². The number of hydrogen-bond acceptors (Lipinski definition) is 3. The second-order valence-corrected chi connectivity index (χ2v) is 5.59. The predicted octanol–water partition coefficient (Wildman–Crippen LogP) is 3.51. The topological polar surface area (TPSA) is 43.4 Å². The molecule has 20 heavy (non-hydrogen) atoms. The van der Waals surface area contributed by atoms with Crippen LogP contribution in [0.5, 0.6) is 0 Å². The summed E-state index contributed by atoms with van der Waals surface area (Å²) in [5.41, 5.74) is 0.445. The zero-order valence-electron chi connectivity index (χ0n) is 12.0. The Hall–Kier alpha value is -1.60. The molecule has 1 aromatic carbocycles. The average Bonchev–Trinajstić information content (AvgIpc) is 2.50. The third-order valence-corrected chi connectivity index (χ3v) is 3.84. The quantitative estimate of drug-likeness (QED) is 0.458. The van der Waals surface area contributed by atoms with Gasteiger partial charge in [-0.2, -0.15) is 0 Å². The van der Waals surface area contributed by atoms with Crippen molar-refractivity contribution in [2.75, 3.05) is 7.11 Å². The molecule has 0 saturated carbocycles. The summed E-state index contributed by atoms with van der Waals surface area (Å²) >= 11 is 0. The van der Waals surface area contributed by atoms with E-state index in [4.69, 9.17) is 0 Å². The maximum absolute atomic E-state index is 11.9. The molecule has 1 unspecified atom stereocenters. The molecule has 0 aliphatic heterocycles. The molecular weight excluding hydrogens is 272 g/mol. The molecule has 0 saturated heterocycles. The zero-order valence-corrected chi connectivity index (χ0v) is 12.8. The number of methoxy groups -OCH3 is 1. The van der Waals surface area contributed by atoms with Crippen molar-refractivity contribution in [1.29, 1.82) is 0 Å². The third kappa shape index (κ3) is 5.58. The summed E-state index contributed by atoms with van der Waals surface area (Å²) in [5, 5.41) is 2.74. The first-order chi connectivity index (χ1) is 9.69. The summed E-state index contributed by atoms with van der Waals surface area (Å²) in [6.07, 6.45) is 5.43. The van der Waals surface area contributed by atoms with Crippen LogP contribution in [-0.2, 0) is 15.5 Å². The Kier molecular flexibility index (Phi) is 7.67. The van der Waals surface area contributed by atoms with Crippen LogP contribution < -0.4 is 0 Å². The van der Waals surface area contributed by atoms with Gasteiger partial charge in [0.05, 0.1) is 17.6 Å². The Morgan fingerprint density at radius 3 is 2.50 bits per heavy atom. The molecule has 0 spiro atoms. The van der Waals surface area contributed by atoms with E-state index in [1.165, 1.54) is 26.4 Å². The molecule has 0 bridgehead atoms. The van der Waals surface area contributed by atoms with Crippen molar-refractivity contribution in [3.05, 3.63) is 29.8 Å². The van der Waals surface area contributed by atoms with Gasteiger partial charge in [0, 0.05) is 11.7 Å². The molecule has 0 fully saturated rings. The summed E-state index contributed by atoms with van der Waals surface area (Å²) < 4.78 is 16.5. The van der Waals surface area contributed by atoms with Gasteiger partial charge in [-0.25, -0.2) is 9.00 Å². The minimum Gasteiger partial charge on any atom is -0.465 e. The highest BCUT2D eigenvalue weighted by atomic mass is 32.2. The fourth-order valence-electron chi connectivity index (χ4n) is 1.65. The third-order valence-electron chi connectivity index (χ3n) is 2.81. The van der Waals surface area contributed by atoms with Gasteiger partial charge in [-0.1, -0.05) is 32.1 Å². The Labute approximate surface area is 123 Å². The van der Waals surface area contributed by atoms with Crippen LogP contribution in [0, 0.1) is 11.2 Å². The Bertz CT molecular complexity index is 509. The van der Waals surface area contributed by atoms with Crippen LogP contribution in [0.4, 0.5) is 0 Å². The lowest BCUT2D eigenvalue weighted by atomic mass is 10.2. The summed E-state index contributed by atoms with van der Waals surface area (Å²) in [7, 11) is 0.00447. The lowest BCUT2D eigenvalue weighted by Crippen LogP contribution is -2.00. The van der Waals surface area contributed by atoms with Crippen LogP contribution >= 0.6 is 0 Å². The van der Waals surface area contributed by atoms with E-state index in [1.54, 1.807) is 24.3 Å². The maximum Gasteiger partial charge on any atom is 0.337 e. The smallest absolute Gasteiger partial charge is 0.337 e. The van der Waals surface area contributed by atoms with Gasteiger partial charge in [0.25, 0.3) is 0 Å². The molecule has 3 nitrogen and oxygen atoms in total. The molecule has 4 heteroatoms. The van der Waals surface area contributed by atoms with Crippen LogP contribution in [0.1, 0.15) is 49.4 Å². The number of benzene rings is 1. The van der Waals surface area contributed by atoms with Crippen molar-refractivity contribution in [1.82, 2.24) is 0 Å². The van der Waals surface area contributed by atoms with Crippen LogP contribution in [-0.4, -0.2) is 17.3 Å². The van der Waals surface area contributed by atoms with E-state index >= 15 is 0 Å². The van der Waals surface area contributed by atoms with Crippen molar-refractivity contribution in [2.45, 2.75) is 43.9 Å². The number of ether oxygens (including phenoxy) is 1.